The first kappa shape index (κ1) is 28.7. The lowest BCUT2D eigenvalue weighted by Crippen LogP contribution is -2.40. The molecule has 41 heavy (non-hydrogen) atoms. The molecule has 0 saturated heterocycles. The summed E-state index contributed by atoms with van der Waals surface area (Å²) in [6.07, 6.45) is 12.1. The average Bonchev–Trinajstić information content (AvgIpc) is 3.65. The zero-order valence-corrected chi connectivity index (χ0v) is 23.7. The first-order valence-corrected chi connectivity index (χ1v) is 14.5. The summed E-state index contributed by atoms with van der Waals surface area (Å²) < 4.78 is 21.0. The first-order chi connectivity index (χ1) is 19.9. The Morgan fingerprint density at radius 2 is 1.88 bits per heavy atom. The molecule has 0 radical (unpaired) electrons. The maximum absolute atomic E-state index is 14.1. The highest BCUT2D eigenvalue weighted by atomic mass is 19.1. The van der Waals surface area contributed by atoms with Crippen LogP contribution in [0.1, 0.15) is 67.4 Å². The van der Waals surface area contributed by atoms with Crippen molar-refractivity contribution in [1.29, 1.82) is 0 Å². The number of carbonyl (C=O) groups is 2. The van der Waals surface area contributed by atoms with Gasteiger partial charge in [0.25, 0.3) is 5.91 Å². The summed E-state index contributed by atoms with van der Waals surface area (Å²) in [4.78, 5) is 35.6. The van der Waals surface area contributed by atoms with Gasteiger partial charge in [-0.05, 0) is 96.5 Å². The summed E-state index contributed by atoms with van der Waals surface area (Å²) in [5, 5.41) is 13.9. The van der Waals surface area contributed by atoms with E-state index < -0.39 is 11.7 Å². The highest BCUT2D eigenvalue weighted by Gasteiger charge is 2.27. The van der Waals surface area contributed by atoms with Gasteiger partial charge >= 0.3 is 6.09 Å². The molecule has 0 unspecified atom stereocenters. The SMILES string of the molecule is CN(C)CCCCOC(=O)NC1CCC(Nc2cc(CC3CC3)c3ncc(C(=O)Nc4ccncc4F)n3n2)CC1. The highest BCUT2D eigenvalue weighted by molar-refractivity contribution is 6.03. The minimum atomic E-state index is -0.613. The van der Waals surface area contributed by atoms with Gasteiger partial charge in [-0.25, -0.2) is 18.7 Å². The minimum Gasteiger partial charge on any atom is -0.450 e. The number of fused-ring (bicyclic) bond motifs is 1. The number of pyridine rings is 1. The van der Waals surface area contributed by atoms with Crippen molar-refractivity contribution < 1.29 is 18.7 Å². The Labute approximate surface area is 239 Å². The van der Waals surface area contributed by atoms with Crippen molar-refractivity contribution in [3.05, 3.63) is 47.8 Å². The normalized spacial score (nSPS) is 18.8. The topological polar surface area (TPSA) is 126 Å². The molecule has 3 N–H and O–H groups in total. The third-order valence-electron chi connectivity index (χ3n) is 7.64. The van der Waals surface area contributed by atoms with E-state index in [1.807, 2.05) is 20.2 Å². The minimum absolute atomic E-state index is 0.0472. The van der Waals surface area contributed by atoms with Crippen LogP contribution in [0.25, 0.3) is 5.65 Å². The van der Waals surface area contributed by atoms with Gasteiger partial charge in [0.05, 0.1) is 24.7 Å². The zero-order chi connectivity index (χ0) is 28.8. The van der Waals surface area contributed by atoms with E-state index in [2.05, 4.69) is 30.8 Å². The molecule has 2 amide bonds. The van der Waals surface area contributed by atoms with Gasteiger partial charge in [-0.3, -0.25) is 9.78 Å². The summed E-state index contributed by atoms with van der Waals surface area (Å²) in [6, 6.07) is 3.71. The molecule has 2 saturated carbocycles. The van der Waals surface area contributed by atoms with Crippen molar-refractivity contribution >= 4 is 29.2 Å². The Hall–Kier alpha value is -3.80. The first-order valence-electron chi connectivity index (χ1n) is 14.5. The van der Waals surface area contributed by atoms with E-state index in [0.29, 0.717) is 24.0 Å². The molecule has 3 aromatic heterocycles. The number of amides is 2. The Balaban J connectivity index is 1.19. The van der Waals surface area contributed by atoms with E-state index in [0.717, 1.165) is 63.3 Å². The lowest BCUT2D eigenvalue weighted by molar-refractivity contribution is 0.101. The molecule has 2 fully saturated rings. The number of ether oxygens (including phenoxy) is 1. The number of hydrogen-bond donors (Lipinski definition) is 3. The van der Waals surface area contributed by atoms with Gasteiger partial charge in [0.1, 0.15) is 5.82 Å². The Kier molecular flexibility index (Phi) is 9.28. The van der Waals surface area contributed by atoms with E-state index in [1.165, 1.54) is 31.3 Å². The van der Waals surface area contributed by atoms with Crippen molar-refractivity contribution in [2.24, 2.45) is 5.92 Å². The van der Waals surface area contributed by atoms with Crippen LogP contribution in [0.15, 0.2) is 30.7 Å². The number of aromatic nitrogens is 4. The number of halogens is 1. The number of nitrogens with one attached hydrogen (secondary N) is 3. The average molecular weight is 567 g/mol. The molecule has 0 aliphatic heterocycles. The monoisotopic (exact) mass is 566 g/mol. The van der Waals surface area contributed by atoms with Gasteiger partial charge in [0.2, 0.25) is 0 Å². The van der Waals surface area contributed by atoms with Crippen LogP contribution in [-0.2, 0) is 11.2 Å². The number of carbonyl (C=O) groups excluding carboxylic acids is 2. The van der Waals surface area contributed by atoms with E-state index >= 15 is 0 Å². The van der Waals surface area contributed by atoms with Crippen LogP contribution in [0.5, 0.6) is 0 Å². The number of nitrogens with zero attached hydrogens (tertiary/aromatic N) is 5. The molecule has 11 nitrogen and oxygen atoms in total. The summed E-state index contributed by atoms with van der Waals surface area (Å²) in [5.74, 6) is 0.172. The fourth-order valence-electron chi connectivity index (χ4n) is 5.20. The van der Waals surface area contributed by atoms with Crippen LogP contribution in [0.2, 0.25) is 0 Å². The van der Waals surface area contributed by atoms with Crippen molar-refractivity contribution in [3.8, 4) is 0 Å². The third kappa shape index (κ3) is 7.90. The van der Waals surface area contributed by atoms with E-state index in [9.17, 15) is 14.0 Å². The highest BCUT2D eigenvalue weighted by Crippen LogP contribution is 2.34. The lowest BCUT2D eigenvalue weighted by Gasteiger charge is -2.29. The maximum atomic E-state index is 14.1. The van der Waals surface area contributed by atoms with Crippen molar-refractivity contribution in [2.75, 3.05) is 37.9 Å². The smallest absolute Gasteiger partial charge is 0.407 e. The van der Waals surface area contributed by atoms with Gasteiger partial charge in [-0.2, -0.15) is 0 Å². The second-order valence-electron chi connectivity index (χ2n) is 11.4. The Morgan fingerprint density at radius 3 is 2.61 bits per heavy atom. The predicted octanol–water partition coefficient (Wildman–Crippen LogP) is 4.26. The van der Waals surface area contributed by atoms with Gasteiger partial charge in [0.15, 0.2) is 17.2 Å². The summed E-state index contributed by atoms with van der Waals surface area (Å²) in [5.41, 5.74) is 1.94. The molecule has 3 aromatic rings. The lowest BCUT2D eigenvalue weighted by atomic mass is 9.91. The van der Waals surface area contributed by atoms with Crippen molar-refractivity contribution in [2.45, 2.75) is 69.9 Å². The third-order valence-corrected chi connectivity index (χ3v) is 7.64. The van der Waals surface area contributed by atoms with E-state index in [1.54, 1.807) is 4.52 Å². The van der Waals surface area contributed by atoms with Gasteiger partial charge in [-0.1, -0.05) is 0 Å². The maximum Gasteiger partial charge on any atom is 0.407 e. The number of alkyl carbamates (subject to hydrolysis) is 1. The van der Waals surface area contributed by atoms with Crippen LogP contribution in [0, 0.1) is 11.7 Å². The van der Waals surface area contributed by atoms with Crippen LogP contribution in [-0.4, -0.2) is 75.8 Å². The summed E-state index contributed by atoms with van der Waals surface area (Å²) >= 11 is 0. The number of unbranched alkanes of at least 4 members (excludes halogenated alkanes) is 1. The molecule has 2 aliphatic carbocycles. The number of rotatable bonds is 12. The Bertz CT molecular complexity index is 1350. The summed E-state index contributed by atoms with van der Waals surface area (Å²) in [7, 11) is 4.06. The second kappa shape index (κ2) is 13.2. The largest absolute Gasteiger partial charge is 0.450 e. The van der Waals surface area contributed by atoms with Crippen LogP contribution < -0.4 is 16.0 Å². The van der Waals surface area contributed by atoms with Crippen LogP contribution in [0.3, 0.4) is 0 Å². The molecule has 0 bridgehead atoms. The second-order valence-corrected chi connectivity index (χ2v) is 11.4. The number of anilines is 2. The molecule has 3 heterocycles. The fourth-order valence-corrected chi connectivity index (χ4v) is 5.20. The van der Waals surface area contributed by atoms with Crippen LogP contribution >= 0.6 is 0 Å². The molecule has 2 aliphatic rings. The number of hydrogen-bond acceptors (Lipinski definition) is 8. The summed E-state index contributed by atoms with van der Waals surface area (Å²) in [6.45, 7) is 1.41. The molecule has 0 spiro atoms. The number of imidazole rings is 1. The zero-order valence-electron chi connectivity index (χ0n) is 23.7. The molecule has 220 valence electrons. The van der Waals surface area contributed by atoms with Crippen molar-refractivity contribution in [3.63, 3.8) is 0 Å². The standard InChI is InChI=1S/C29H39FN8O3/c1-37(2)13-3-4-14-41-29(40)34-22-9-7-21(8-10-22)33-26-16-20(15-19-5-6-19)27-32-18-25(38(27)36-26)28(39)35-24-11-12-31-17-23(24)30/h11-12,16-19,21-22H,3-10,13-15H2,1-2H3,(H,33,36)(H,34,40)(H,31,35,39). The van der Waals surface area contributed by atoms with Gasteiger partial charge in [-0.15, -0.1) is 5.10 Å². The van der Waals surface area contributed by atoms with Crippen molar-refractivity contribution in [1.82, 2.24) is 29.8 Å². The molecule has 0 atom stereocenters. The van der Waals surface area contributed by atoms with E-state index in [4.69, 9.17) is 9.84 Å². The predicted molar refractivity (Wildman–Crippen MR) is 154 cm³/mol. The van der Waals surface area contributed by atoms with Gasteiger partial charge < -0.3 is 25.6 Å². The Morgan fingerprint density at radius 1 is 1.10 bits per heavy atom. The van der Waals surface area contributed by atoms with E-state index in [-0.39, 0.29) is 29.6 Å². The van der Waals surface area contributed by atoms with Gasteiger partial charge in [0, 0.05) is 23.8 Å². The molecular formula is C29H39FN8O3. The fraction of sp³-hybridized carbons (Fsp3) is 0.552. The quantitative estimate of drug-likeness (QED) is 0.278. The molecule has 12 heteroatoms. The molecular weight excluding hydrogens is 527 g/mol. The molecule has 5 rings (SSSR count). The molecule has 0 aromatic carbocycles. The van der Waals surface area contributed by atoms with Crippen LogP contribution in [0.4, 0.5) is 20.7 Å².